The van der Waals surface area contributed by atoms with Gasteiger partial charge in [-0.25, -0.2) is 9.37 Å². The number of pyridine rings is 1. The standard InChI is InChI=1S/C22H30FN5O/c1-13(2)12-25-17-5-7-28(8-6-17)22-18(21(24)26-15(4)29)10-16-9-14(3)19(23)11-20(16)27-22/h9-11,13,17,25H,5-8,12H2,1-4H3,(H2,24,26,29). The Kier molecular flexibility index (Phi) is 6.47. The van der Waals surface area contributed by atoms with Crippen molar-refractivity contribution < 1.29 is 9.18 Å². The molecule has 0 unspecified atom stereocenters. The highest BCUT2D eigenvalue weighted by atomic mass is 19.1. The Hall–Kier alpha value is -2.54. The first-order valence-electron chi connectivity index (χ1n) is 10.2. The molecule has 1 fully saturated rings. The third-order valence-corrected chi connectivity index (χ3v) is 5.24. The molecule has 1 aliphatic heterocycles. The number of nitrogens with one attached hydrogen (secondary N) is 1. The summed E-state index contributed by atoms with van der Waals surface area (Å²) in [5.74, 6) is 0.767. The number of rotatable bonds is 5. The number of aryl methyl sites for hydroxylation is 1. The van der Waals surface area contributed by atoms with Gasteiger partial charge in [0.1, 0.15) is 17.5 Å². The Morgan fingerprint density at radius 2 is 2.03 bits per heavy atom. The third-order valence-electron chi connectivity index (χ3n) is 5.24. The van der Waals surface area contributed by atoms with Crippen LogP contribution in [0.5, 0.6) is 0 Å². The predicted molar refractivity (Wildman–Crippen MR) is 116 cm³/mol. The zero-order chi connectivity index (χ0) is 21.1. The van der Waals surface area contributed by atoms with Gasteiger partial charge >= 0.3 is 0 Å². The molecule has 1 saturated heterocycles. The fraction of sp³-hybridized carbons (Fsp3) is 0.500. The zero-order valence-corrected chi connectivity index (χ0v) is 17.6. The number of benzene rings is 1. The highest BCUT2D eigenvalue weighted by Gasteiger charge is 2.24. The van der Waals surface area contributed by atoms with Gasteiger partial charge in [-0.15, -0.1) is 0 Å². The Bertz CT molecular complexity index is 932. The van der Waals surface area contributed by atoms with E-state index in [0.29, 0.717) is 34.4 Å². The summed E-state index contributed by atoms with van der Waals surface area (Å²) in [6.45, 7) is 10.1. The van der Waals surface area contributed by atoms with Gasteiger partial charge < -0.3 is 16.0 Å². The van der Waals surface area contributed by atoms with E-state index in [-0.39, 0.29) is 17.6 Å². The predicted octanol–water partition coefficient (Wildman–Crippen LogP) is 3.15. The molecule has 0 spiro atoms. The molecular formula is C22H30FN5O. The SMILES string of the molecule is CC(=O)N=C(N)c1cc2cc(C)c(F)cc2nc1N1CCC(NCC(C)C)CC1. The molecule has 2 heterocycles. The summed E-state index contributed by atoms with van der Waals surface area (Å²) < 4.78 is 14.1. The molecule has 2 aromatic rings. The van der Waals surface area contributed by atoms with Crippen LogP contribution < -0.4 is 16.0 Å². The average Bonchev–Trinajstić information content (AvgIpc) is 2.66. The van der Waals surface area contributed by atoms with Crippen molar-refractivity contribution in [2.45, 2.75) is 46.6 Å². The second kappa shape index (κ2) is 8.86. The minimum Gasteiger partial charge on any atom is -0.383 e. The number of aromatic nitrogens is 1. The topological polar surface area (TPSA) is 83.6 Å². The second-order valence-corrected chi connectivity index (χ2v) is 8.23. The van der Waals surface area contributed by atoms with E-state index in [1.807, 2.05) is 6.07 Å². The van der Waals surface area contributed by atoms with Crippen molar-refractivity contribution in [2.75, 3.05) is 24.5 Å². The molecule has 1 aromatic heterocycles. The van der Waals surface area contributed by atoms with E-state index in [1.54, 1.807) is 13.0 Å². The maximum Gasteiger partial charge on any atom is 0.244 e. The van der Waals surface area contributed by atoms with E-state index in [0.717, 1.165) is 37.9 Å². The largest absolute Gasteiger partial charge is 0.383 e. The Morgan fingerprint density at radius 3 is 2.66 bits per heavy atom. The molecule has 1 amide bonds. The highest BCUT2D eigenvalue weighted by molar-refractivity contribution is 6.08. The number of anilines is 1. The van der Waals surface area contributed by atoms with Crippen molar-refractivity contribution in [3.63, 3.8) is 0 Å². The summed E-state index contributed by atoms with van der Waals surface area (Å²) in [5, 5.41) is 4.39. The summed E-state index contributed by atoms with van der Waals surface area (Å²) in [5.41, 5.74) is 7.88. The maximum absolute atomic E-state index is 14.1. The van der Waals surface area contributed by atoms with E-state index in [2.05, 4.69) is 29.1 Å². The minimum atomic E-state index is -0.361. The van der Waals surface area contributed by atoms with Gasteiger partial charge in [0, 0.05) is 37.5 Å². The molecule has 7 heteroatoms. The van der Waals surface area contributed by atoms with E-state index in [4.69, 9.17) is 10.7 Å². The van der Waals surface area contributed by atoms with Crippen molar-refractivity contribution in [3.05, 3.63) is 35.1 Å². The lowest BCUT2D eigenvalue weighted by Crippen LogP contribution is -2.44. The molecule has 0 radical (unpaired) electrons. The molecule has 0 bridgehead atoms. The molecule has 3 rings (SSSR count). The van der Waals surface area contributed by atoms with Gasteiger partial charge in [0.15, 0.2) is 0 Å². The van der Waals surface area contributed by atoms with Gasteiger partial charge in [-0.1, -0.05) is 13.8 Å². The van der Waals surface area contributed by atoms with Crippen LogP contribution in [0.2, 0.25) is 0 Å². The number of hydrogen-bond donors (Lipinski definition) is 2. The molecule has 0 aliphatic carbocycles. The lowest BCUT2D eigenvalue weighted by atomic mass is 10.0. The number of nitrogens with zero attached hydrogens (tertiary/aromatic N) is 3. The highest BCUT2D eigenvalue weighted by Crippen LogP contribution is 2.28. The average molecular weight is 400 g/mol. The normalized spacial score (nSPS) is 16.1. The number of nitrogens with two attached hydrogens (primary N) is 1. The zero-order valence-electron chi connectivity index (χ0n) is 17.6. The third kappa shape index (κ3) is 5.09. The van der Waals surface area contributed by atoms with Crippen LogP contribution in [0.3, 0.4) is 0 Å². The van der Waals surface area contributed by atoms with Gasteiger partial charge in [-0.2, -0.15) is 4.99 Å². The quantitative estimate of drug-likeness (QED) is 0.596. The van der Waals surface area contributed by atoms with Gasteiger partial charge in [-0.3, -0.25) is 4.79 Å². The van der Waals surface area contributed by atoms with Crippen LogP contribution in [0.15, 0.2) is 23.2 Å². The summed E-state index contributed by atoms with van der Waals surface area (Å²) in [7, 11) is 0. The van der Waals surface area contributed by atoms with Crippen LogP contribution in [-0.4, -0.2) is 42.4 Å². The molecule has 1 aliphatic rings. The van der Waals surface area contributed by atoms with Crippen molar-refractivity contribution in [2.24, 2.45) is 16.6 Å². The monoisotopic (exact) mass is 399 g/mol. The first-order chi connectivity index (χ1) is 13.7. The summed E-state index contributed by atoms with van der Waals surface area (Å²) in [4.78, 5) is 22.3. The number of carbonyl (C=O) groups excluding carboxylic acids is 1. The van der Waals surface area contributed by atoms with E-state index in [1.165, 1.54) is 13.0 Å². The van der Waals surface area contributed by atoms with Crippen LogP contribution in [0.25, 0.3) is 10.9 Å². The lowest BCUT2D eigenvalue weighted by Gasteiger charge is -2.34. The fourth-order valence-corrected chi connectivity index (χ4v) is 3.66. The summed E-state index contributed by atoms with van der Waals surface area (Å²) in [6, 6.07) is 5.52. The van der Waals surface area contributed by atoms with Gasteiger partial charge in [0.2, 0.25) is 5.91 Å². The molecule has 0 saturated carbocycles. The number of hydrogen-bond acceptors (Lipinski definition) is 4. The number of piperidine rings is 1. The Balaban J connectivity index is 1.95. The van der Waals surface area contributed by atoms with E-state index < -0.39 is 0 Å². The van der Waals surface area contributed by atoms with E-state index in [9.17, 15) is 9.18 Å². The van der Waals surface area contributed by atoms with Gasteiger partial charge in [0.25, 0.3) is 0 Å². The second-order valence-electron chi connectivity index (χ2n) is 8.23. The first kappa shape index (κ1) is 21.2. The summed E-state index contributed by atoms with van der Waals surface area (Å²) >= 11 is 0. The first-order valence-corrected chi connectivity index (χ1v) is 10.2. The number of aliphatic imine (C=N–C) groups is 1. The molecular weight excluding hydrogens is 369 g/mol. The van der Waals surface area contributed by atoms with Gasteiger partial charge in [0.05, 0.1) is 11.1 Å². The van der Waals surface area contributed by atoms with Crippen LogP contribution in [0, 0.1) is 18.7 Å². The smallest absolute Gasteiger partial charge is 0.244 e. The van der Waals surface area contributed by atoms with Crippen LogP contribution >= 0.6 is 0 Å². The molecule has 6 nitrogen and oxygen atoms in total. The van der Waals surface area contributed by atoms with Crippen molar-refractivity contribution >= 4 is 28.5 Å². The van der Waals surface area contributed by atoms with Crippen molar-refractivity contribution in [1.29, 1.82) is 0 Å². The molecule has 3 N–H and O–H groups in total. The fourth-order valence-electron chi connectivity index (χ4n) is 3.66. The number of fused-ring (bicyclic) bond motifs is 1. The van der Waals surface area contributed by atoms with Crippen LogP contribution in [-0.2, 0) is 4.79 Å². The Morgan fingerprint density at radius 1 is 1.34 bits per heavy atom. The van der Waals surface area contributed by atoms with Crippen LogP contribution in [0.1, 0.15) is 44.7 Å². The molecule has 0 atom stereocenters. The minimum absolute atomic E-state index is 0.143. The van der Waals surface area contributed by atoms with Crippen molar-refractivity contribution in [3.8, 4) is 0 Å². The summed E-state index contributed by atoms with van der Waals surface area (Å²) in [6.07, 6.45) is 1.97. The van der Waals surface area contributed by atoms with Crippen molar-refractivity contribution in [1.82, 2.24) is 10.3 Å². The number of amides is 1. The molecule has 1 aromatic carbocycles. The Labute approximate surface area is 171 Å². The maximum atomic E-state index is 14.1. The molecule has 29 heavy (non-hydrogen) atoms. The number of amidine groups is 1. The van der Waals surface area contributed by atoms with Gasteiger partial charge in [-0.05, 0) is 49.9 Å². The van der Waals surface area contributed by atoms with E-state index >= 15 is 0 Å². The number of carbonyl (C=O) groups is 1. The molecule has 156 valence electrons. The lowest BCUT2D eigenvalue weighted by molar-refractivity contribution is -0.115. The van der Waals surface area contributed by atoms with Crippen LogP contribution in [0.4, 0.5) is 10.2 Å². The number of halogens is 1.